The number of nitro groups is 1. The van der Waals surface area contributed by atoms with Crippen LogP contribution in [0.4, 0.5) is 11.4 Å². The number of carbonyl (C=O) groups is 1. The molecule has 0 atom stereocenters. The van der Waals surface area contributed by atoms with Crippen molar-refractivity contribution < 1.29 is 19.2 Å². The molecule has 1 fully saturated rings. The van der Waals surface area contributed by atoms with Crippen molar-refractivity contribution in [2.45, 2.75) is 0 Å². The fourth-order valence-electron chi connectivity index (χ4n) is 4.55. The second-order valence-electron chi connectivity index (χ2n) is 8.78. The highest BCUT2D eigenvalue weighted by molar-refractivity contribution is 5.94. The van der Waals surface area contributed by atoms with Gasteiger partial charge in [-0.15, -0.1) is 0 Å². The summed E-state index contributed by atoms with van der Waals surface area (Å²) in [4.78, 5) is 28.4. The van der Waals surface area contributed by atoms with Gasteiger partial charge in [-0.2, -0.15) is 5.10 Å². The van der Waals surface area contributed by atoms with Crippen molar-refractivity contribution in [3.8, 4) is 28.4 Å². The van der Waals surface area contributed by atoms with Crippen molar-refractivity contribution in [3.05, 3.63) is 94.7 Å². The average Bonchev–Trinajstić information content (AvgIpc) is 3.42. The van der Waals surface area contributed by atoms with Crippen LogP contribution in [0, 0.1) is 10.1 Å². The fourth-order valence-corrected chi connectivity index (χ4v) is 4.55. The van der Waals surface area contributed by atoms with E-state index in [4.69, 9.17) is 14.6 Å². The minimum Gasteiger partial charge on any atom is -0.497 e. The number of anilines is 1. The molecule has 1 saturated heterocycles. The first-order valence-electron chi connectivity index (χ1n) is 12.1. The molecule has 1 aromatic heterocycles. The van der Waals surface area contributed by atoms with Crippen LogP contribution in [-0.2, 0) is 0 Å². The minimum atomic E-state index is -0.445. The topological polar surface area (TPSA) is 103 Å². The molecule has 0 saturated carbocycles. The van der Waals surface area contributed by atoms with Crippen LogP contribution in [0.25, 0.3) is 16.9 Å². The number of methoxy groups -OCH3 is 2. The predicted molar refractivity (Wildman–Crippen MR) is 143 cm³/mol. The van der Waals surface area contributed by atoms with Crippen molar-refractivity contribution in [1.82, 2.24) is 14.7 Å². The average molecular weight is 514 g/mol. The highest BCUT2D eigenvalue weighted by Crippen LogP contribution is 2.29. The van der Waals surface area contributed by atoms with Crippen molar-refractivity contribution in [1.29, 1.82) is 0 Å². The number of piperazine rings is 1. The van der Waals surface area contributed by atoms with Gasteiger partial charge >= 0.3 is 0 Å². The van der Waals surface area contributed by atoms with Crippen molar-refractivity contribution >= 4 is 17.3 Å². The zero-order valence-electron chi connectivity index (χ0n) is 21.1. The number of amides is 1. The Morgan fingerprint density at radius 2 is 1.58 bits per heavy atom. The van der Waals surface area contributed by atoms with E-state index in [0.29, 0.717) is 54.6 Å². The van der Waals surface area contributed by atoms with Gasteiger partial charge in [-0.25, -0.2) is 4.68 Å². The molecule has 194 valence electrons. The second kappa shape index (κ2) is 10.6. The van der Waals surface area contributed by atoms with Gasteiger partial charge in [0.15, 0.2) is 0 Å². The molecule has 1 aliphatic rings. The van der Waals surface area contributed by atoms with E-state index in [9.17, 15) is 14.9 Å². The minimum absolute atomic E-state index is 0.00689. The van der Waals surface area contributed by atoms with Crippen LogP contribution in [0.1, 0.15) is 10.5 Å². The molecule has 3 aromatic carbocycles. The number of rotatable bonds is 7. The highest BCUT2D eigenvalue weighted by Gasteiger charge is 2.27. The fraction of sp³-hybridized carbons (Fsp3) is 0.214. The molecule has 4 aromatic rings. The van der Waals surface area contributed by atoms with Crippen LogP contribution >= 0.6 is 0 Å². The van der Waals surface area contributed by atoms with Gasteiger partial charge in [0.05, 0.1) is 36.2 Å². The third kappa shape index (κ3) is 4.88. The molecule has 10 heteroatoms. The zero-order valence-corrected chi connectivity index (χ0v) is 21.1. The third-order valence-corrected chi connectivity index (χ3v) is 6.61. The Labute approximate surface area is 219 Å². The van der Waals surface area contributed by atoms with Crippen LogP contribution in [0.2, 0.25) is 0 Å². The van der Waals surface area contributed by atoms with E-state index in [1.807, 2.05) is 53.4 Å². The SMILES string of the molecule is COc1ccc(-n2nc(-c3ccc([N+](=O)[O-])cc3)cc2C(=O)N2CCN(c3ccccc3OC)CC2)cc1. The van der Waals surface area contributed by atoms with E-state index >= 15 is 0 Å². The maximum atomic E-state index is 13.8. The lowest BCUT2D eigenvalue weighted by Gasteiger charge is -2.36. The molecule has 38 heavy (non-hydrogen) atoms. The number of non-ortho nitro benzene ring substituents is 1. The first-order chi connectivity index (χ1) is 18.5. The van der Waals surface area contributed by atoms with Gasteiger partial charge in [-0.1, -0.05) is 12.1 Å². The molecule has 0 spiro atoms. The summed E-state index contributed by atoms with van der Waals surface area (Å²) < 4.78 is 12.4. The summed E-state index contributed by atoms with van der Waals surface area (Å²) in [5.41, 5.74) is 3.34. The Morgan fingerprint density at radius 1 is 0.895 bits per heavy atom. The number of hydrogen-bond donors (Lipinski definition) is 0. The van der Waals surface area contributed by atoms with Crippen LogP contribution < -0.4 is 14.4 Å². The summed E-state index contributed by atoms with van der Waals surface area (Å²) >= 11 is 0. The van der Waals surface area contributed by atoms with E-state index in [2.05, 4.69) is 4.90 Å². The molecule has 1 amide bonds. The van der Waals surface area contributed by atoms with E-state index in [1.165, 1.54) is 12.1 Å². The van der Waals surface area contributed by atoms with Crippen LogP contribution in [0.5, 0.6) is 11.5 Å². The summed E-state index contributed by atoms with van der Waals surface area (Å²) in [5.74, 6) is 1.36. The smallest absolute Gasteiger partial charge is 0.272 e. The van der Waals surface area contributed by atoms with E-state index in [0.717, 1.165) is 11.4 Å². The molecule has 1 aliphatic heterocycles. The summed E-state index contributed by atoms with van der Waals surface area (Å²) in [6, 6.07) is 23.0. The van der Waals surface area contributed by atoms with Crippen LogP contribution in [0.3, 0.4) is 0 Å². The molecular formula is C28H27N5O5. The normalized spacial score (nSPS) is 13.3. The molecule has 10 nitrogen and oxygen atoms in total. The Morgan fingerprint density at radius 3 is 2.21 bits per heavy atom. The van der Waals surface area contributed by atoms with E-state index in [-0.39, 0.29) is 11.6 Å². The predicted octanol–water partition coefficient (Wildman–Crippen LogP) is 4.43. The Kier molecular flexibility index (Phi) is 6.94. The quantitative estimate of drug-likeness (QED) is 0.266. The van der Waals surface area contributed by atoms with Crippen LogP contribution in [0.15, 0.2) is 78.9 Å². The van der Waals surface area contributed by atoms with Crippen molar-refractivity contribution in [2.75, 3.05) is 45.3 Å². The van der Waals surface area contributed by atoms with E-state index in [1.54, 1.807) is 37.1 Å². The second-order valence-corrected chi connectivity index (χ2v) is 8.78. The molecular weight excluding hydrogens is 486 g/mol. The summed E-state index contributed by atoms with van der Waals surface area (Å²) in [5, 5.41) is 15.8. The Balaban J connectivity index is 1.43. The Bertz CT molecular complexity index is 1440. The molecule has 0 unspecified atom stereocenters. The summed E-state index contributed by atoms with van der Waals surface area (Å²) in [7, 11) is 3.25. The van der Waals surface area contributed by atoms with Gasteiger partial charge in [-0.05, 0) is 54.6 Å². The number of benzene rings is 3. The summed E-state index contributed by atoms with van der Waals surface area (Å²) in [6.07, 6.45) is 0. The molecule has 5 rings (SSSR count). The van der Waals surface area contributed by atoms with Gasteiger partial charge in [0, 0.05) is 43.9 Å². The van der Waals surface area contributed by atoms with Crippen molar-refractivity contribution in [2.24, 2.45) is 0 Å². The highest BCUT2D eigenvalue weighted by atomic mass is 16.6. The summed E-state index contributed by atoms with van der Waals surface area (Å²) in [6.45, 7) is 2.41. The maximum Gasteiger partial charge on any atom is 0.272 e. The van der Waals surface area contributed by atoms with Gasteiger partial charge in [0.1, 0.15) is 17.2 Å². The molecule has 0 radical (unpaired) electrons. The van der Waals surface area contributed by atoms with Crippen molar-refractivity contribution in [3.63, 3.8) is 0 Å². The molecule has 0 aliphatic carbocycles. The van der Waals surface area contributed by atoms with Gasteiger partial charge < -0.3 is 19.3 Å². The number of nitrogens with zero attached hydrogens (tertiary/aromatic N) is 5. The molecule has 2 heterocycles. The van der Waals surface area contributed by atoms with Crippen LogP contribution in [-0.4, -0.2) is 65.9 Å². The monoisotopic (exact) mass is 513 g/mol. The van der Waals surface area contributed by atoms with Gasteiger partial charge in [-0.3, -0.25) is 14.9 Å². The number of aromatic nitrogens is 2. The first kappa shape index (κ1) is 24.8. The number of nitro benzene ring substituents is 1. The van der Waals surface area contributed by atoms with E-state index < -0.39 is 4.92 Å². The Hall–Kier alpha value is -4.86. The van der Waals surface area contributed by atoms with Gasteiger partial charge in [0.2, 0.25) is 0 Å². The molecule has 0 N–H and O–H groups in total. The molecule has 0 bridgehead atoms. The van der Waals surface area contributed by atoms with Gasteiger partial charge in [0.25, 0.3) is 11.6 Å². The largest absolute Gasteiger partial charge is 0.497 e. The lowest BCUT2D eigenvalue weighted by molar-refractivity contribution is -0.384. The number of carbonyl (C=O) groups excluding carboxylic acids is 1. The lowest BCUT2D eigenvalue weighted by Crippen LogP contribution is -2.49. The lowest BCUT2D eigenvalue weighted by atomic mass is 10.1. The number of hydrogen-bond acceptors (Lipinski definition) is 7. The maximum absolute atomic E-state index is 13.8. The number of ether oxygens (including phenoxy) is 2. The zero-order chi connectivity index (χ0) is 26.6. The third-order valence-electron chi connectivity index (χ3n) is 6.61. The first-order valence-corrected chi connectivity index (χ1v) is 12.1. The standard InChI is InChI=1S/C28H27N5O5/c1-37-23-13-11-21(12-14-23)32-26(19-24(29-32)20-7-9-22(10-8-20)33(35)36)28(34)31-17-15-30(16-18-31)25-5-3-4-6-27(25)38-2/h3-14,19H,15-18H2,1-2H3. The number of para-hydroxylation sites is 2.